The highest BCUT2D eigenvalue weighted by atomic mass is 35.5. The molecule has 0 radical (unpaired) electrons. The van der Waals surface area contributed by atoms with Gasteiger partial charge in [-0.05, 0) is 5.53 Å². The summed E-state index contributed by atoms with van der Waals surface area (Å²) in [6.07, 6.45) is 0. The summed E-state index contributed by atoms with van der Waals surface area (Å²) in [6.45, 7) is 0.654. The summed E-state index contributed by atoms with van der Waals surface area (Å²) < 4.78 is 0. The summed E-state index contributed by atoms with van der Waals surface area (Å²) in [5.41, 5.74) is 17.7. The summed E-state index contributed by atoms with van der Waals surface area (Å²) in [5, 5.41) is 3.21. The van der Waals surface area contributed by atoms with E-state index in [0.717, 1.165) is 0 Å². The van der Waals surface area contributed by atoms with Crippen LogP contribution in [0.2, 0.25) is 0 Å². The van der Waals surface area contributed by atoms with E-state index in [2.05, 4.69) is 15.0 Å². The molecule has 0 aliphatic heterocycles. The second kappa shape index (κ2) is 7.87. The minimum Gasteiger partial charge on any atom is -0.370 e. The van der Waals surface area contributed by atoms with Crippen LogP contribution in [0.1, 0.15) is 0 Å². The van der Waals surface area contributed by atoms with E-state index in [1.165, 1.54) is 0 Å². The Labute approximate surface area is 64.3 Å². The molecule has 0 unspecified atom stereocenters. The molecule has 0 spiro atoms. The van der Waals surface area contributed by atoms with Gasteiger partial charge in [-0.3, -0.25) is 4.99 Å². The fourth-order valence-corrected chi connectivity index (χ4v) is 0.269. The maximum atomic E-state index is 7.78. The number of nitrogens with two attached hydrogens (primary N) is 2. The van der Waals surface area contributed by atoms with Crippen LogP contribution in [-0.2, 0) is 0 Å². The highest BCUT2D eigenvalue weighted by Gasteiger charge is 1.78. The molecule has 0 saturated carbocycles. The van der Waals surface area contributed by atoms with Crippen LogP contribution < -0.4 is 11.5 Å². The maximum absolute atomic E-state index is 7.78. The smallest absolute Gasteiger partial charge is 0.185 e. The van der Waals surface area contributed by atoms with Crippen LogP contribution in [0.3, 0.4) is 0 Å². The van der Waals surface area contributed by atoms with Gasteiger partial charge in [-0.25, -0.2) is 0 Å². The van der Waals surface area contributed by atoms with Crippen LogP contribution >= 0.6 is 12.4 Å². The van der Waals surface area contributed by atoms with Gasteiger partial charge in [-0.2, -0.15) is 0 Å². The van der Waals surface area contributed by atoms with Gasteiger partial charge in [-0.1, -0.05) is 5.11 Å². The lowest BCUT2D eigenvalue weighted by atomic mass is 10.7. The molecule has 0 aliphatic rings. The van der Waals surface area contributed by atoms with Crippen LogP contribution in [0, 0.1) is 0 Å². The Morgan fingerprint density at radius 3 is 2.40 bits per heavy atom. The number of nitrogens with zero attached hydrogens (tertiary/aromatic N) is 4. The van der Waals surface area contributed by atoms with Crippen LogP contribution in [0.5, 0.6) is 0 Å². The summed E-state index contributed by atoms with van der Waals surface area (Å²) in [5.74, 6) is 0.0168. The van der Waals surface area contributed by atoms with Crippen LogP contribution in [0.4, 0.5) is 0 Å². The quantitative estimate of drug-likeness (QED) is 0.153. The van der Waals surface area contributed by atoms with Crippen molar-refractivity contribution >= 4 is 18.4 Å². The molecule has 0 aromatic carbocycles. The molecule has 6 nitrogen and oxygen atoms in total. The first kappa shape index (κ1) is 11.6. The molecule has 0 aromatic heterocycles. The summed E-state index contributed by atoms with van der Waals surface area (Å²) in [7, 11) is 0. The highest BCUT2D eigenvalue weighted by Crippen LogP contribution is 1.72. The van der Waals surface area contributed by atoms with Gasteiger partial charge in [0, 0.05) is 18.0 Å². The lowest BCUT2D eigenvalue weighted by molar-refractivity contribution is 0.958. The Balaban J connectivity index is 0. The molecule has 58 valence electrons. The lowest BCUT2D eigenvalue weighted by Gasteiger charge is -1.86. The molecule has 0 heterocycles. The molecular formula is C3H9ClN6. The normalized spacial score (nSPS) is 6.80. The van der Waals surface area contributed by atoms with Gasteiger partial charge in [-0.15, -0.1) is 12.4 Å². The molecular weight excluding hydrogens is 156 g/mol. The Hall–Kier alpha value is -1.13. The monoisotopic (exact) mass is 164 g/mol. The van der Waals surface area contributed by atoms with E-state index in [4.69, 9.17) is 17.0 Å². The second-order valence-corrected chi connectivity index (χ2v) is 1.26. The van der Waals surface area contributed by atoms with Gasteiger partial charge in [0.05, 0.1) is 0 Å². The average Bonchev–Trinajstić information content (AvgIpc) is 1.80. The number of hydrogen-bond donors (Lipinski definition) is 2. The predicted molar refractivity (Wildman–Crippen MR) is 41.9 cm³/mol. The molecule has 0 bridgehead atoms. The Morgan fingerprint density at radius 2 is 2.00 bits per heavy atom. The molecule has 7 heteroatoms. The molecule has 0 atom stereocenters. The van der Waals surface area contributed by atoms with Crippen LogP contribution in [0.25, 0.3) is 10.4 Å². The molecule has 0 saturated heterocycles. The number of aliphatic imine (C=N–C) groups is 1. The summed E-state index contributed by atoms with van der Waals surface area (Å²) >= 11 is 0. The number of halogens is 1. The first-order valence-corrected chi connectivity index (χ1v) is 2.33. The molecule has 0 amide bonds. The largest absolute Gasteiger partial charge is 0.370 e. The predicted octanol–water partition coefficient (Wildman–Crippen LogP) is -0.00810. The van der Waals surface area contributed by atoms with Crippen molar-refractivity contribution in [1.29, 1.82) is 0 Å². The van der Waals surface area contributed by atoms with E-state index in [1.54, 1.807) is 0 Å². The van der Waals surface area contributed by atoms with Crippen molar-refractivity contribution in [3.05, 3.63) is 10.4 Å². The van der Waals surface area contributed by atoms with Crippen molar-refractivity contribution in [2.45, 2.75) is 0 Å². The van der Waals surface area contributed by atoms with Gasteiger partial charge in [0.15, 0.2) is 5.96 Å². The fraction of sp³-hybridized carbons (Fsp3) is 0.667. The number of rotatable bonds is 3. The van der Waals surface area contributed by atoms with Crippen molar-refractivity contribution in [2.75, 3.05) is 13.1 Å². The van der Waals surface area contributed by atoms with Crippen LogP contribution in [-0.4, -0.2) is 19.0 Å². The van der Waals surface area contributed by atoms with E-state index < -0.39 is 0 Å². The van der Waals surface area contributed by atoms with Crippen molar-refractivity contribution in [2.24, 2.45) is 21.6 Å². The van der Waals surface area contributed by atoms with E-state index in [9.17, 15) is 0 Å². The molecule has 0 aromatic rings. The minimum absolute atomic E-state index is 0. The molecule has 0 aliphatic carbocycles. The third-order valence-corrected chi connectivity index (χ3v) is 0.558. The lowest BCUT2D eigenvalue weighted by Crippen LogP contribution is -2.23. The minimum atomic E-state index is 0. The molecule has 0 fully saturated rings. The second-order valence-electron chi connectivity index (χ2n) is 1.26. The standard InChI is InChI=1S/C3H8N6.ClH/c4-3(5)7-1-2-8-9-6;/h1-2H2,(H4,4,5,7);1H. The third-order valence-electron chi connectivity index (χ3n) is 0.558. The summed E-state index contributed by atoms with van der Waals surface area (Å²) in [4.78, 5) is 6.08. The Bertz CT molecular complexity index is 143. The van der Waals surface area contributed by atoms with E-state index in [-0.39, 0.29) is 18.4 Å². The zero-order chi connectivity index (χ0) is 7.11. The number of azide groups is 1. The topological polar surface area (TPSA) is 113 Å². The maximum Gasteiger partial charge on any atom is 0.185 e. The van der Waals surface area contributed by atoms with Gasteiger partial charge < -0.3 is 11.5 Å². The molecule has 10 heavy (non-hydrogen) atoms. The highest BCUT2D eigenvalue weighted by molar-refractivity contribution is 5.85. The Kier molecular flexibility index (Phi) is 9.16. The van der Waals surface area contributed by atoms with Crippen molar-refractivity contribution in [3.63, 3.8) is 0 Å². The molecule has 0 rings (SSSR count). The van der Waals surface area contributed by atoms with Gasteiger partial charge >= 0.3 is 0 Å². The van der Waals surface area contributed by atoms with Gasteiger partial charge in [0.25, 0.3) is 0 Å². The van der Waals surface area contributed by atoms with Crippen molar-refractivity contribution < 1.29 is 0 Å². The van der Waals surface area contributed by atoms with Gasteiger partial charge in [0.2, 0.25) is 0 Å². The zero-order valence-electron chi connectivity index (χ0n) is 5.27. The fourth-order valence-electron chi connectivity index (χ4n) is 0.269. The van der Waals surface area contributed by atoms with Crippen molar-refractivity contribution in [3.8, 4) is 0 Å². The van der Waals surface area contributed by atoms with E-state index in [1.807, 2.05) is 0 Å². The first-order valence-electron chi connectivity index (χ1n) is 2.33. The molecule has 4 N–H and O–H groups in total. The number of hydrogen-bond acceptors (Lipinski definition) is 2. The third kappa shape index (κ3) is 9.98. The first-order chi connectivity index (χ1) is 4.27. The summed E-state index contributed by atoms with van der Waals surface area (Å²) in [6, 6.07) is 0. The zero-order valence-corrected chi connectivity index (χ0v) is 6.08. The average molecular weight is 165 g/mol. The number of guanidine groups is 1. The van der Waals surface area contributed by atoms with Crippen LogP contribution in [0.15, 0.2) is 10.1 Å². The SMILES string of the molecule is Cl.[N-]=[N+]=NCCN=C(N)N. The van der Waals surface area contributed by atoms with E-state index >= 15 is 0 Å². The van der Waals surface area contributed by atoms with Crippen molar-refractivity contribution in [1.82, 2.24) is 0 Å². The Morgan fingerprint density at radius 1 is 1.40 bits per heavy atom. The van der Waals surface area contributed by atoms with E-state index in [0.29, 0.717) is 13.1 Å². The van der Waals surface area contributed by atoms with Gasteiger partial charge in [0.1, 0.15) is 0 Å².